The maximum absolute atomic E-state index is 12.7. The van der Waals surface area contributed by atoms with Crippen molar-refractivity contribution in [3.63, 3.8) is 0 Å². The van der Waals surface area contributed by atoms with Gasteiger partial charge in [-0.3, -0.25) is 4.79 Å². The SMILES string of the molecule is C[C@@H](OC(=O)c1ccccc1Oc1ccccc1)C(=O)N(C)Cc1ccccc1. The molecule has 0 saturated heterocycles. The highest BCUT2D eigenvalue weighted by Crippen LogP contribution is 2.26. The highest BCUT2D eigenvalue weighted by molar-refractivity contribution is 5.94. The fourth-order valence-electron chi connectivity index (χ4n) is 2.86. The number of carbonyl (C=O) groups excluding carboxylic acids is 2. The molecule has 0 aromatic heterocycles. The van der Waals surface area contributed by atoms with Crippen LogP contribution < -0.4 is 4.74 Å². The van der Waals surface area contributed by atoms with Crippen LogP contribution in [0.1, 0.15) is 22.8 Å². The van der Waals surface area contributed by atoms with Crippen LogP contribution in [-0.2, 0) is 16.1 Å². The molecule has 0 spiro atoms. The zero-order valence-corrected chi connectivity index (χ0v) is 16.4. The number of para-hydroxylation sites is 2. The molecule has 1 amide bonds. The standard InChI is InChI=1S/C24H23NO4/c1-18(23(26)25(2)17-19-11-5-3-6-12-19)28-24(27)21-15-9-10-16-22(21)29-20-13-7-4-8-14-20/h3-16,18H,17H2,1-2H3/t18-/m1/s1. The second-order valence-corrected chi connectivity index (χ2v) is 6.64. The summed E-state index contributed by atoms with van der Waals surface area (Å²) in [6.07, 6.45) is -0.916. The van der Waals surface area contributed by atoms with Gasteiger partial charge in [0.2, 0.25) is 0 Å². The zero-order valence-electron chi connectivity index (χ0n) is 16.4. The first kappa shape index (κ1) is 20.1. The van der Waals surface area contributed by atoms with Crippen molar-refractivity contribution >= 4 is 11.9 Å². The first-order valence-corrected chi connectivity index (χ1v) is 9.36. The van der Waals surface area contributed by atoms with E-state index in [1.54, 1.807) is 55.3 Å². The van der Waals surface area contributed by atoms with Gasteiger partial charge in [-0.05, 0) is 36.8 Å². The van der Waals surface area contributed by atoms with Crippen molar-refractivity contribution in [3.05, 3.63) is 96.1 Å². The Labute approximate surface area is 170 Å². The van der Waals surface area contributed by atoms with Gasteiger partial charge in [-0.15, -0.1) is 0 Å². The minimum Gasteiger partial charge on any atom is -0.456 e. The number of rotatable bonds is 7. The third kappa shape index (κ3) is 5.45. The van der Waals surface area contributed by atoms with Crippen LogP contribution in [0.5, 0.6) is 11.5 Å². The molecular weight excluding hydrogens is 366 g/mol. The summed E-state index contributed by atoms with van der Waals surface area (Å²) in [6.45, 7) is 2.01. The van der Waals surface area contributed by atoms with Crippen LogP contribution in [0.4, 0.5) is 0 Å². The molecule has 3 aromatic rings. The molecule has 29 heavy (non-hydrogen) atoms. The monoisotopic (exact) mass is 389 g/mol. The lowest BCUT2D eigenvalue weighted by atomic mass is 10.2. The molecule has 3 rings (SSSR count). The van der Waals surface area contributed by atoms with Gasteiger partial charge in [0.15, 0.2) is 6.10 Å². The lowest BCUT2D eigenvalue weighted by Crippen LogP contribution is -2.37. The summed E-state index contributed by atoms with van der Waals surface area (Å²) in [5.41, 5.74) is 1.27. The molecular formula is C24H23NO4. The summed E-state index contributed by atoms with van der Waals surface area (Å²) in [4.78, 5) is 26.8. The molecule has 0 N–H and O–H groups in total. The van der Waals surface area contributed by atoms with Crippen molar-refractivity contribution in [1.82, 2.24) is 4.90 Å². The molecule has 1 atom stereocenters. The molecule has 0 bridgehead atoms. The molecule has 0 aliphatic rings. The van der Waals surface area contributed by atoms with E-state index in [0.29, 0.717) is 18.0 Å². The quantitative estimate of drug-likeness (QED) is 0.551. The Morgan fingerprint density at radius 2 is 1.45 bits per heavy atom. The minimum atomic E-state index is -0.916. The van der Waals surface area contributed by atoms with Gasteiger partial charge in [0, 0.05) is 13.6 Å². The van der Waals surface area contributed by atoms with Gasteiger partial charge in [0.1, 0.15) is 17.1 Å². The van der Waals surface area contributed by atoms with E-state index < -0.39 is 12.1 Å². The fraction of sp³-hybridized carbons (Fsp3) is 0.167. The van der Waals surface area contributed by atoms with Gasteiger partial charge >= 0.3 is 5.97 Å². The summed E-state index contributed by atoms with van der Waals surface area (Å²) in [6, 6.07) is 25.6. The van der Waals surface area contributed by atoms with Crippen molar-refractivity contribution in [2.75, 3.05) is 7.05 Å². The average Bonchev–Trinajstić information content (AvgIpc) is 2.75. The first-order chi connectivity index (χ1) is 14.0. The first-order valence-electron chi connectivity index (χ1n) is 9.36. The van der Waals surface area contributed by atoms with Crippen LogP contribution in [-0.4, -0.2) is 29.9 Å². The van der Waals surface area contributed by atoms with Gasteiger partial charge in [0.25, 0.3) is 5.91 Å². The molecule has 0 radical (unpaired) electrons. The van der Waals surface area contributed by atoms with Crippen LogP contribution in [0.2, 0.25) is 0 Å². The van der Waals surface area contributed by atoms with Crippen LogP contribution >= 0.6 is 0 Å². The predicted octanol–water partition coefficient (Wildman–Crippen LogP) is 4.68. The van der Waals surface area contributed by atoms with Gasteiger partial charge in [0.05, 0.1) is 0 Å². The molecule has 0 saturated carbocycles. The molecule has 148 valence electrons. The van der Waals surface area contributed by atoms with Crippen LogP contribution in [0.3, 0.4) is 0 Å². The van der Waals surface area contributed by atoms with Crippen LogP contribution in [0.25, 0.3) is 0 Å². The molecule has 5 nitrogen and oxygen atoms in total. The Hall–Kier alpha value is -3.60. The lowest BCUT2D eigenvalue weighted by Gasteiger charge is -2.22. The number of nitrogens with zero attached hydrogens (tertiary/aromatic N) is 1. The Kier molecular flexibility index (Phi) is 6.63. The maximum Gasteiger partial charge on any atom is 0.342 e. The van der Waals surface area contributed by atoms with Gasteiger partial charge < -0.3 is 14.4 Å². The van der Waals surface area contributed by atoms with Gasteiger partial charge in [-0.1, -0.05) is 60.7 Å². The fourth-order valence-corrected chi connectivity index (χ4v) is 2.86. The second-order valence-electron chi connectivity index (χ2n) is 6.64. The summed E-state index contributed by atoms with van der Waals surface area (Å²) >= 11 is 0. The molecule has 5 heteroatoms. The smallest absolute Gasteiger partial charge is 0.342 e. The summed E-state index contributed by atoms with van der Waals surface area (Å²) in [7, 11) is 1.69. The Balaban J connectivity index is 1.66. The van der Waals surface area contributed by atoms with Crippen molar-refractivity contribution in [1.29, 1.82) is 0 Å². The Morgan fingerprint density at radius 3 is 2.14 bits per heavy atom. The minimum absolute atomic E-state index is 0.265. The second kappa shape index (κ2) is 9.55. The molecule has 0 aliphatic carbocycles. The number of hydrogen-bond acceptors (Lipinski definition) is 4. The van der Waals surface area contributed by atoms with E-state index >= 15 is 0 Å². The summed E-state index contributed by atoms with van der Waals surface area (Å²) < 4.78 is 11.2. The van der Waals surface area contributed by atoms with Crippen molar-refractivity contribution in [3.8, 4) is 11.5 Å². The third-order valence-corrected chi connectivity index (χ3v) is 4.35. The number of likely N-dealkylation sites (N-methyl/N-ethyl adjacent to an activating group) is 1. The maximum atomic E-state index is 12.7. The van der Waals surface area contributed by atoms with E-state index in [1.807, 2.05) is 48.5 Å². The van der Waals surface area contributed by atoms with Crippen molar-refractivity contribution in [2.24, 2.45) is 0 Å². The number of hydrogen-bond donors (Lipinski definition) is 0. The van der Waals surface area contributed by atoms with E-state index in [2.05, 4.69) is 0 Å². The molecule has 3 aromatic carbocycles. The number of esters is 1. The van der Waals surface area contributed by atoms with Crippen LogP contribution in [0.15, 0.2) is 84.9 Å². The van der Waals surface area contributed by atoms with Crippen molar-refractivity contribution in [2.45, 2.75) is 19.6 Å². The highest BCUT2D eigenvalue weighted by Gasteiger charge is 2.24. The van der Waals surface area contributed by atoms with E-state index in [9.17, 15) is 9.59 Å². The van der Waals surface area contributed by atoms with Gasteiger partial charge in [-0.25, -0.2) is 4.79 Å². The number of carbonyl (C=O) groups is 2. The molecule has 0 aliphatic heterocycles. The van der Waals surface area contributed by atoms with Crippen LogP contribution in [0, 0.1) is 0 Å². The van der Waals surface area contributed by atoms with E-state index in [4.69, 9.17) is 9.47 Å². The number of benzene rings is 3. The third-order valence-electron chi connectivity index (χ3n) is 4.35. The number of amides is 1. The van der Waals surface area contributed by atoms with E-state index in [-0.39, 0.29) is 11.5 Å². The number of ether oxygens (including phenoxy) is 2. The topological polar surface area (TPSA) is 55.8 Å². The Morgan fingerprint density at radius 1 is 0.862 bits per heavy atom. The van der Waals surface area contributed by atoms with Crippen molar-refractivity contribution < 1.29 is 19.1 Å². The van der Waals surface area contributed by atoms with E-state index in [0.717, 1.165) is 5.56 Å². The molecule has 0 heterocycles. The normalized spacial score (nSPS) is 11.4. The summed E-state index contributed by atoms with van der Waals surface area (Å²) in [5.74, 6) is 0.106. The Bertz CT molecular complexity index is 957. The van der Waals surface area contributed by atoms with E-state index in [1.165, 1.54) is 0 Å². The average molecular weight is 389 g/mol. The largest absolute Gasteiger partial charge is 0.456 e. The molecule has 0 unspecified atom stereocenters. The van der Waals surface area contributed by atoms with Gasteiger partial charge in [-0.2, -0.15) is 0 Å². The lowest BCUT2D eigenvalue weighted by molar-refractivity contribution is -0.139. The summed E-state index contributed by atoms with van der Waals surface area (Å²) in [5, 5.41) is 0. The molecule has 0 fully saturated rings. The predicted molar refractivity (Wildman–Crippen MR) is 111 cm³/mol. The zero-order chi connectivity index (χ0) is 20.6. The highest BCUT2D eigenvalue weighted by atomic mass is 16.5.